The quantitative estimate of drug-likeness (QED) is 0.598. The van der Waals surface area contributed by atoms with Gasteiger partial charge in [0.2, 0.25) is 0 Å². The minimum atomic E-state index is -4.41. The van der Waals surface area contributed by atoms with Crippen molar-refractivity contribution in [2.45, 2.75) is 57.5 Å². The van der Waals surface area contributed by atoms with E-state index in [1.807, 2.05) is 6.07 Å². The van der Waals surface area contributed by atoms with Crippen LogP contribution in [0.15, 0.2) is 18.2 Å². The maximum atomic E-state index is 11.2. The van der Waals surface area contributed by atoms with Crippen LogP contribution in [0.1, 0.15) is 56.1 Å². The second-order valence-electron chi connectivity index (χ2n) is 7.93. The predicted octanol–water partition coefficient (Wildman–Crippen LogP) is 3.06. The van der Waals surface area contributed by atoms with Crippen molar-refractivity contribution in [2.24, 2.45) is 17.3 Å². The van der Waals surface area contributed by atoms with Crippen molar-refractivity contribution in [3.63, 3.8) is 0 Å². The Labute approximate surface area is 191 Å². The zero-order chi connectivity index (χ0) is 17.1. The van der Waals surface area contributed by atoms with E-state index in [-0.39, 0.29) is 56.8 Å². The zero-order valence-corrected chi connectivity index (χ0v) is 18.8. The van der Waals surface area contributed by atoms with Gasteiger partial charge in [-0.05, 0) is 85.0 Å². The minimum absolute atomic E-state index is 0. The summed E-state index contributed by atoms with van der Waals surface area (Å²) in [6.07, 6.45) is 5.15. The van der Waals surface area contributed by atoms with Crippen LogP contribution in [0.4, 0.5) is 0 Å². The molecule has 5 atom stereocenters. The van der Waals surface area contributed by atoms with E-state index in [0.717, 1.165) is 32.1 Å². The molecule has 0 unspecified atom stereocenters. The van der Waals surface area contributed by atoms with Crippen molar-refractivity contribution >= 4 is 61.8 Å². The Kier molecular flexibility index (Phi) is 5.81. The SMILES string of the molecule is C[C@]12CC[C@@H]3c4ccc(O)cc4CC[C@H]3[C@@H]1CC[C@@H]2OS(=O)(=O)O.[K]. The molecule has 0 amide bonds. The molecule has 7 heteroatoms. The molecule has 3 aliphatic rings. The topological polar surface area (TPSA) is 83.8 Å². The van der Waals surface area contributed by atoms with E-state index < -0.39 is 16.5 Å². The first kappa shape index (κ1) is 20.3. The summed E-state index contributed by atoms with van der Waals surface area (Å²) in [6.45, 7) is 2.13. The van der Waals surface area contributed by atoms with Crippen LogP contribution in [0.2, 0.25) is 0 Å². The Morgan fingerprint density at radius 3 is 2.68 bits per heavy atom. The standard InChI is InChI=1S/C18H24O5S.K/c1-18-9-8-14-13-5-3-12(19)10-11(13)2-4-15(14)16(18)6-7-17(18)23-24(20,21)22;/h3,5,10,14-17,19H,2,4,6-9H2,1H3,(H,20,21,22);/t14-,15-,16+,17+,18+;/m1./s1. The fourth-order valence-corrected chi connectivity index (χ4v) is 6.44. The van der Waals surface area contributed by atoms with Gasteiger partial charge in [-0.1, -0.05) is 13.0 Å². The van der Waals surface area contributed by atoms with E-state index >= 15 is 0 Å². The van der Waals surface area contributed by atoms with E-state index in [0.29, 0.717) is 29.9 Å². The molecule has 5 nitrogen and oxygen atoms in total. The molecule has 1 aromatic rings. The molecular formula is C18H24KO5S. The average Bonchev–Trinajstić information content (AvgIpc) is 2.82. The zero-order valence-electron chi connectivity index (χ0n) is 14.8. The summed E-state index contributed by atoms with van der Waals surface area (Å²) in [7, 11) is -4.41. The second kappa shape index (κ2) is 7.17. The first-order chi connectivity index (χ1) is 11.3. The fraction of sp³-hybridized carbons (Fsp3) is 0.667. The number of hydrogen-bond donors (Lipinski definition) is 2. The van der Waals surface area contributed by atoms with Crippen LogP contribution in [0.25, 0.3) is 0 Å². The van der Waals surface area contributed by atoms with Gasteiger partial charge in [0.15, 0.2) is 0 Å². The third kappa shape index (κ3) is 3.63. The first-order valence-electron chi connectivity index (χ1n) is 8.75. The van der Waals surface area contributed by atoms with E-state index in [1.54, 1.807) is 6.07 Å². The fourth-order valence-electron chi connectivity index (χ4n) is 5.83. The molecule has 0 bridgehead atoms. The maximum absolute atomic E-state index is 11.2. The Balaban J connectivity index is 0.00000182. The van der Waals surface area contributed by atoms with Crippen molar-refractivity contribution in [3.05, 3.63) is 29.3 Å². The molecule has 3 aliphatic carbocycles. The van der Waals surface area contributed by atoms with E-state index in [4.69, 9.17) is 8.74 Å². The number of phenolic OH excluding ortho intramolecular Hbond substituents is 1. The number of fused-ring (bicyclic) bond motifs is 5. The van der Waals surface area contributed by atoms with Gasteiger partial charge in [-0.3, -0.25) is 4.55 Å². The summed E-state index contributed by atoms with van der Waals surface area (Å²) in [6, 6.07) is 5.72. The minimum Gasteiger partial charge on any atom is -0.508 e. The van der Waals surface area contributed by atoms with Crippen LogP contribution in [0.3, 0.4) is 0 Å². The van der Waals surface area contributed by atoms with Gasteiger partial charge in [0.1, 0.15) is 5.75 Å². The average molecular weight is 392 g/mol. The monoisotopic (exact) mass is 391 g/mol. The number of benzene rings is 1. The molecule has 133 valence electrons. The van der Waals surface area contributed by atoms with Crippen LogP contribution in [-0.2, 0) is 21.0 Å². The Bertz CT molecular complexity index is 765. The molecule has 1 aromatic carbocycles. The van der Waals surface area contributed by atoms with Gasteiger partial charge in [-0.25, -0.2) is 4.18 Å². The van der Waals surface area contributed by atoms with Crippen molar-refractivity contribution in [1.29, 1.82) is 0 Å². The van der Waals surface area contributed by atoms with Gasteiger partial charge in [0, 0.05) is 51.4 Å². The molecule has 2 N–H and O–H groups in total. The smallest absolute Gasteiger partial charge is 0.397 e. The maximum Gasteiger partial charge on any atom is 0.397 e. The van der Waals surface area contributed by atoms with Crippen molar-refractivity contribution < 1.29 is 22.3 Å². The molecule has 0 heterocycles. The van der Waals surface area contributed by atoms with Crippen LogP contribution < -0.4 is 0 Å². The summed E-state index contributed by atoms with van der Waals surface area (Å²) in [5, 5.41) is 9.72. The van der Waals surface area contributed by atoms with Crippen molar-refractivity contribution in [2.75, 3.05) is 0 Å². The molecule has 25 heavy (non-hydrogen) atoms. The van der Waals surface area contributed by atoms with E-state index in [1.165, 1.54) is 11.1 Å². The largest absolute Gasteiger partial charge is 0.508 e. The van der Waals surface area contributed by atoms with E-state index in [9.17, 15) is 13.5 Å². The molecule has 1 radical (unpaired) electrons. The summed E-state index contributed by atoms with van der Waals surface area (Å²) in [5.41, 5.74) is 2.42. The van der Waals surface area contributed by atoms with Crippen LogP contribution >= 0.6 is 0 Å². The molecule has 0 spiro atoms. The summed E-state index contributed by atoms with van der Waals surface area (Å²) in [4.78, 5) is 0. The third-order valence-corrected chi connectivity index (χ3v) is 7.34. The van der Waals surface area contributed by atoms with Gasteiger partial charge in [0.05, 0.1) is 6.10 Å². The van der Waals surface area contributed by atoms with Crippen molar-refractivity contribution in [3.8, 4) is 5.75 Å². The molecule has 0 aliphatic heterocycles. The molecule has 2 fully saturated rings. The Morgan fingerprint density at radius 1 is 1.20 bits per heavy atom. The first-order valence-corrected chi connectivity index (χ1v) is 10.1. The number of aryl methyl sites for hydroxylation is 1. The number of aromatic hydroxyl groups is 1. The van der Waals surface area contributed by atoms with E-state index in [2.05, 4.69) is 13.0 Å². The van der Waals surface area contributed by atoms with Gasteiger partial charge >= 0.3 is 10.4 Å². The van der Waals surface area contributed by atoms with Gasteiger partial charge in [-0.2, -0.15) is 8.42 Å². The molecular weight excluding hydrogens is 367 g/mol. The summed E-state index contributed by atoms with van der Waals surface area (Å²) in [5.74, 6) is 1.76. The molecule has 0 aromatic heterocycles. The van der Waals surface area contributed by atoms with Gasteiger partial charge < -0.3 is 5.11 Å². The number of phenols is 1. The number of hydrogen-bond acceptors (Lipinski definition) is 4. The van der Waals surface area contributed by atoms with Crippen LogP contribution in [-0.4, -0.2) is 75.6 Å². The summed E-state index contributed by atoms with van der Waals surface area (Å²) < 4.78 is 36.5. The normalized spacial score (nSPS) is 36.7. The summed E-state index contributed by atoms with van der Waals surface area (Å²) >= 11 is 0. The molecule has 0 saturated heterocycles. The molecule has 4 rings (SSSR count). The predicted molar refractivity (Wildman–Crippen MR) is 94.9 cm³/mol. The van der Waals surface area contributed by atoms with Crippen LogP contribution in [0, 0.1) is 17.3 Å². The van der Waals surface area contributed by atoms with Crippen molar-refractivity contribution in [1.82, 2.24) is 0 Å². The Hall–Kier alpha value is 0.526. The van der Waals surface area contributed by atoms with Gasteiger partial charge in [0.25, 0.3) is 0 Å². The van der Waals surface area contributed by atoms with Gasteiger partial charge in [-0.15, -0.1) is 0 Å². The number of rotatable bonds is 2. The Morgan fingerprint density at radius 2 is 1.96 bits per heavy atom. The third-order valence-electron chi connectivity index (χ3n) is 6.86. The molecule has 2 saturated carbocycles. The van der Waals surface area contributed by atoms with Crippen LogP contribution in [0.5, 0.6) is 5.75 Å². The second-order valence-corrected chi connectivity index (χ2v) is 8.98.